The van der Waals surface area contributed by atoms with Gasteiger partial charge in [-0.3, -0.25) is 4.99 Å². The summed E-state index contributed by atoms with van der Waals surface area (Å²) in [6, 6.07) is 37.3. The molecule has 0 radical (unpaired) electrons. The molecule has 0 aliphatic carbocycles. The van der Waals surface area contributed by atoms with Crippen molar-refractivity contribution >= 4 is 45.1 Å². The minimum atomic E-state index is -0.160. The van der Waals surface area contributed by atoms with Crippen molar-refractivity contribution in [3.8, 4) is 5.75 Å². The molecular weight excluding hydrogens is 717 g/mol. The van der Waals surface area contributed by atoms with Gasteiger partial charge < -0.3 is 10.5 Å². The molecule has 53 heavy (non-hydrogen) atoms. The first-order chi connectivity index (χ1) is 25.6. The van der Waals surface area contributed by atoms with Gasteiger partial charge in [-0.05, 0) is 109 Å². The van der Waals surface area contributed by atoms with Gasteiger partial charge in [0, 0.05) is 23.1 Å². The highest BCUT2D eigenvalue weighted by Crippen LogP contribution is 2.15. The molecule has 2 heterocycles. The van der Waals surface area contributed by atoms with Gasteiger partial charge in [-0.1, -0.05) is 130 Å². The van der Waals surface area contributed by atoms with Gasteiger partial charge in [0.25, 0.3) is 0 Å². The summed E-state index contributed by atoms with van der Waals surface area (Å²) in [6.07, 6.45) is 7.18. The fraction of sp³-hybridized carbons (Fsp3) is 0.289. The van der Waals surface area contributed by atoms with Gasteiger partial charge in [-0.25, -0.2) is 9.37 Å². The molecule has 0 bridgehead atoms. The Kier molecular flexibility index (Phi) is 25.7. The molecule has 0 aliphatic rings. The number of nitrogen functional groups attached to an aromatic ring is 1. The number of benzene rings is 4. The minimum Gasteiger partial charge on any atom is -0.497 e. The predicted molar refractivity (Wildman–Crippen MR) is 233 cm³/mol. The van der Waals surface area contributed by atoms with Crippen molar-refractivity contribution in [2.75, 3.05) is 19.9 Å². The first-order valence-corrected chi connectivity index (χ1v) is 20.0. The Morgan fingerprint density at radius 1 is 0.717 bits per heavy atom. The topological polar surface area (TPSA) is 60.5 Å². The number of hydrogen-bond donors (Lipinski definition) is 1. The lowest BCUT2D eigenvalue weighted by Gasteiger charge is -2.00. The van der Waals surface area contributed by atoms with Crippen LogP contribution in [0, 0.1) is 5.82 Å². The Morgan fingerprint density at radius 2 is 1.26 bits per heavy atom. The fourth-order valence-corrected chi connectivity index (χ4v) is 5.58. The van der Waals surface area contributed by atoms with Crippen LogP contribution in [0.1, 0.15) is 73.6 Å². The highest BCUT2D eigenvalue weighted by Gasteiger charge is 1.99. The summed E-state index contributed by atoms with van der Waals surface area (Å²) in [5.41, 5.74) is 11.6. The van der Waals surface area contributed by atoms with Crippen LogP contribution in [-0.2, 0) is 32.1 Å². The number of aryl methyl sites for hydroxylation is 5. The molecule has 0 amide bonds. The van der Waals surface area contributed by atoms with Crippen LogP contribution in [0.4, 0.5) is 9.52 Å². The van der Waals surface area contributed by atoms with Gasteiger partial charge in [0.1, 0.15) is 11.6 Å². The molecule has 0 spiro atoms. The Morgan fingerprint density at radius 3 is 1.68 bits per heavy atom. The zero-order valence-electron chi connectivity index (χ0n) is 32.6. The third-order valence-corrected chi connectivity index (χ3v) is 9.79. The number of methoxy groups -OCH3 is 1. The number of anilines is 1. The maximum atomic E-state index is 12.2. The van der Waals surface area contributed by atoms with E-state index in [1.54, 1.807) is 32.5 Å². The average Bonchev–Trinajstić information content (AvgIpc) is 3.92. The van der Waals surface area contributed by atoms with Crippen LogP contribution in [0.5, 0.6) is 5.75 Å². The number of hydrogen-bond acceptors (Lipinski definition) is 6. The van der Waals surface area contributed by atoms with Crippen molar-refractivity contribution < 1.29 is 9.13 Å². The third-order valence-electron chi connectivity index (χ3n) is 7.58. The van der Waals surface area contributed by atoms with Gasteiger partial charge >= 0.3 is 0 Å². The monoisotopic (exact) mass is 773 g/mol. The van der Waals surface area contributed by atoms with Gasteiger partial charge in [-0.15, -0.1) is 11.3 Å². The number of ether oxygens (including phenoxy) is 1. The molecule has 0 fully saturated rings. The smallest absolute Gasteiger partial charge is 0.180 e. The van der Waals surface area contributed by atoms with E-state index in [0.29, 0.717) is 5.13 Å². The Labute approximate surface area is 331 Å². The molecule has 2 aromatic heterocycles. The van der Waals surface area contributed by atoms with Crippen LogP contribution in [0.3, 0.4) is 0 Å². The largest absolute Gasteiger partial charge is 0.497 e. The minimum absolute atomic E-state index is 0.160. The number of rotatable bonds is 7. The molecule has 8 heteroatoms. The first-order valence-electron chi connectivity index (χ1n) is 18.0. The Balaban J connectivity index is 0.000000319. The molecule has 6 rings (SSSR count). The van der Waals surface area contributed by atoms with Crippen molar-refractivity contribution in [2.24, 2.45) is 4.99 Å². The lowest BCUT2D eigenvalue weighted by Crippen LogP contribution is -1.87. The van der Waals surface area contributed by atoms with Crippen molar-refractivity contribution in [3.05, 3.63) is 170 Å². The second-order valence-electron chi connectivity index (χ2n) is 11.3. The number of thiazole rings is 1. The zero-order valence-corrected chi connectivity index (χ0v) is 35.0. The van der Waals surface area contributed by atoms with Crippen LogP contribution in [0.25, 0.3) is 0 Å². The maximum absolute atomic E-state index is 12.2. The average molecular weight is 775 g/mol. The first kappa shape index (κ1) is 46.7. The number of thiophene rings is 1. The molecule has 4 nitrogen and oxygen atoms in total. The number of aromatic nitrogens is 1. The van der Waals surface area contributed by atoms with E-state index < -0.39 is 0 Å². The SMILES string of the molecule is CCc1ccc(Cl)cc1.CCc1ccc(F)cc1.CCc1cccc(OC)c1.CCc1ccccc1.CCc1cccs1.CN=C(C)c1cnc(N)s1. The molecular formula is C45H57ClFN3OS2. The number of aliphatic imine (C=N–C) groups is 1. The van der Waals surface area contributed by atoms with E-state index in [9.17, 15) is 4.39 Å². The Bertz CT molecular complexity index is 1710. The predicted octanol–water partition coefficient (Wildman–Crippen LogP) is 13.3. The summed E-state index contributed by atoms with van der Waals surface area (Å²) < 4.78 is 17.3. The van der Waals surface area contributed by atoms with E-state index in [4.69, 9.17) is 22.1 Å². The van der Waals surface area contributed by atoms with Gasteiger partial charge in [0.15, 0.2) is 5.13 Å². The summed E-state index contributed by atoms with van der Waals surface area (Å²) in [5.74, 6) is 0.784. The standard InChI is InChI=1S/C9H12O.C8H9Cl.C8H9F.C8H10.C6H9N3S.C6H8S/c1-3-8-5-4-6-9(7-8)10-2;2*1-2-7-3-5-8(9)6-4-7;1-2-8-6-4-3-5-7-8;1-4(8-2)5-3-9-6(7)10-5;1-2-6-4-3-5-7-6/h4-7H,3H2,1-2H3;2*3-6H,2H2,1H3;3-7H,2H2,1H3;3H,1-2H3,(H2,7,9);3-5H,2H2,1H3. The van der Waals surface area contributed by atoms with Crippen molar-refractivity contribution in [2.45, 2.75) is 73.6 Å². The summed E-state index contributed by atoms with van der Waals surface area (Å²) >= 11 is 8.95. The lowest BCUT2D eigenvalue weighted by atomic mass is 10.2. The highest BCUT2D eigenvalue weighted by atomic mass is 35.5. The summed E-state index contributed by atoms with van der Waals surface area (Å²) in [7, 11) is 3.44. The number of halogens is 2. The molecule has 4 aromatic carbocycles. The zero-order chi connectivity index (χ0) is 39.3. The summed E-state index contributed by atoms with van der Waals surface area (Å²) in [4.78, 5) is 10.4. The van der Waals surface area contributed by atoms with E-state index in [2.05, 4.69) is 91.6 Å². The van der Waals surface area contributed by atoms with Crippen LogP contribution in [-0.4, -0.2) is 24.9 Å². The van der Waals surface area contributed by atoms with Gasteiger partial charge in [0.05, 0.1) is 17.7 Å². The van der Waals surface area contributed by atoms with Crippen LogP contribution >= 0.6 is 34.3 Å². The Hall–Kier alpha value is -4.30. The second kappa shape index (κ2) is 29.2. The molecule has 0 unspecified atom stereocenters. The summed E-state index contributed by atoms with van der Waals surface area (Å²) in [6.45, 7) is 12.6. The van der Waals surface area contributed by atoms with E-state index in [0.717, 1.165) is 47.0 Å². The van der Waals surface area contributed by atoms with E-state index in [1.165, 1.54) is 57.0 Å². The van der Waals surface area contributed by atoms with Crippen LogP contribution in [0.15, 0.2) is 132 Å². The molecule has 0 saturated carbocycles. The molecule has 2 N–H and O–H groups in total. The van der Waals surface area contributed by atoms with Crippen molar-refractivity contribution in [1.82, 2.24) is 4.98 Å². The number of nitrogens with zero attached hydrogens (tertiary/aromatic N) is 2. The maximum Gasteiger partial charge on any atom is 0.180 e. The molecule has 0 aliphatic heterocycles. The van der Waals surface area contributed by atoms with Crippen molar-refractivity contribution in [1.29, 1.82) is 0 Å². The fourth-order valence-electron chi connectivity index (χ4n) is 4.13. The van der Waals surface area contributed by atoms with Gasteiger partial charge in [0.2, 0.25) is 0 Å². The quantitative estimate of drug-likeness (QED) is 0.164. The molecule has 0 saturated heterocycles. The lowest BCUT2D eigenvalue weighted by molar-refractivity contribution is 0.414. The molecule has 284 valence electrons. The van der Waals surface area contributed by atoms with Gasteiger partial charge in [-0.2, -0.15) is 0 Å². The number of nitrogens with two attached hydrogens (primary N) is 1. The highest BCUT2D eigenvalue weighted by molar-refractivity contribution is 7.17. The summed E-state index contributed by atoms with van der Waals surface area (Å²) in [5, 5.41) is 3.52. The molecule has 0 atom stereocenters. The van der Waals surface area contributed by atoms with Crippen LogP contribution < -0.4 is 10.5 Å². The normalized spacial score (nSPS) is 9.89. The van der Waals surface area contributed by atoms with E-state index in [-0.39, 0.29) is 5.82 Å². The molecule has 6 aromatic rings. The second-order valence-corrected chi connectivity index (χ2v) is 13.8. The third kappa shape index (κ3) is 21.7. The van der Waals surface area contributed by atoms with Crippen LogP contribution in [0.2, 0.25) is 5.02 Å². The van der Waals surface area contributed by atoms with E-state index >= 15 is 0 Å². The van der Waals surface area contributed by atoms with E-state index in [1.807, 2.05) is 67.6 Å². The van der Waals surface area contributed by atoms with Crippen molar-refractivity contribution in [3.63, 3.8) is 0 Å².